The van der Waals surface area contributed by atoms with Crippen molar-refractivity contribution in [2.24, 2.45) is 0 Å². The van der Waals surface area contributed by atoms with E-state index >= 15 is 0 Å². The number of anilines is 1. The molecule has 0 spiro atoms. The molecule has 1 atom stereocenters. The number of hydrogen-bond donors (Lipinski definition) is 1. The third-order valence-electron chi connectivity index (χ3n) is 3.41. The molecule has 1 N–H and O–H groups in total. The van der Waals surface area contributed by atoms with E-state index in [1.165, 1.54) is 0 Å². The van der Waals surface area contributed by atoms with E-state index in [4.69, 9.17) is 16.3 Å². The van der Waals surface area contributed by atoms with E-state index < -0.39 is 6.10 Å². The lowest BCUT2D eigenvalue weighted by Crippen LogP contribution is -2.30. The van der Waals surface area contributed by atoms with Gasteiger partial charge in [-0.25, -0.2) is 0 Å². The first-order valence-corrected chi connectivity index (χ1v) is 7.55. The number of nitrogens with one attached hydrogen (secondary N) is 1. The summed E-state index contributed by atoms with van der Waals surface area (Å²) >= 11 is 6.13. The van der Waals surface area contributed by atoms with E-state index in [0.717, 1.165) is 27.4 Å². The number of halogens is 1. The number of ether oxygens (including phenoxy) is 1. The minimum Gasteiger partial charge on any atom is -0.481 e. The molecule has 2 aromatic rings. The van der Waals surface area contributed by atoms with Gasteiger partial charge in [0.2, 0.25) is 0 Å². The predicted molar refractivity (Wildman–Crippen MR) is 90.8 cm³/mol. The lowest BCUT2D eigenvalue weighted by molar-refractivity contribution is -0.122. The second-order valence-electron chi connectivity index (χ2n) is 5.49. The maximum atomic E-state index is 12.2. The maximum absolute atomic E-state index is 12.2. The van der Waals surface area contributed by atoms with E-state index in [9.17, 15) is 4.79 Å². The lowest BCUT2D eigenvalue weighted by Gasteiger charge is -2.16. The van der Waals surface area contributed by atoms with Crippen molar-refractivity contribution in [3.05, 3.63) is 58.1 Å². The van der Waals surface area contributed by atoms with Crippen molar-refractivity contribution in [3.8, 4) is 5.75 Å². The van der Waals surface area contributed by atoms with Crippen LogP contribution in [0.25, 0.3) is 0 Å². The Morgan fingerprint density at radius 1 is 1.09 bits per heavy atom. The molecular formula is C18H20ClNO2. The largest absolute Gasteiger partial charge is 0.481 e. The Labute approximate surface area is 136 Å². The van der Waals surface area contributed by atoms with E-state index in [1.54, 1.807) is 6.92 Å². The van der Waals surface area contributed by atoms with Crippen LogP contribution in [0.3, 0.4) is 0 Å². The SMILES string of the molecule is Cc1ccc(NC(=O)[C@@H](C)Oc2cc(C)c(Cl)c(C)c2)cc1. The highest BCUT2D eigenvalue weighted by Crippen LogP contribution is 2.26. The average molecular weight is 318 g/mol. The first-order valence-electron chi connectivity index (χ1n) is 7.18. The molecule has 0 aliphatic heterocycles. The zero-order valence-electron chi connectivity index (χ0n) is 13.2. The molecule has 0 heterocycles. The van der Waals surface area contributed by atoms with Gasteiger partial charge in [0.25, 0.3) is 5.91 Å². The van der Waals surface area contributed by atoms with E-state index in [1.807, 2.05) is 57.2 Å². The Balaban J connectivity index is 2.03. The highest BCUT2D eigenvalue weighted by Gasteiger charge is 2.15. The van der Waals surface area contributed by atoms with Crippen LogP contribution >= 0.6 is 11.6 Å². The first-order chi connectivity index (χ1) is 10.4. The number of rotatable bonds is 4. The molecule has 116 valence electrons. The maximum Gasteiger partial charge on any atom is 0.265 e. The van der Waals surface area contributed by atoms with Crippen LogP contribution < -0.4 is 10.1 Å². The Kier molecular flexibility index (Phi) is 5.09. The zero-order valence-corrected chi connectivity index (χ0v) is 14.0. The van der Waals surface area contributed by atoms with Gasteiger partial charge in [-0.05, 0) is 63.1 Å². The molecule has 0 unspecified atom stereocenters. The topological polar surface area (TPSA) is 38.3 Å². The van der Waals surface area contributed by atoms with Crippen molar-refractivity contribution in [2.75, 3.05) is 5.32 Å². The molecule has 0 bridgehead atoms. The average Bonchev–Trinajstić information content (AvgIpc) is 2.47. The second kappa shape index (κ2) is 6.84. The summed E-state index contributed by atoms with van der Waals surface area (Å²) < 4.78 is 5.72. The van der Waals surface area contributed by atoms with E-state index in [0.29, 0.717) is 5.75 Å². The number of benzene rings is 2. The van der Waals surface area contributed by atoms with Crippen LogP contribution in [0.1, 0.15) is 23.6 Å². The summed E-state index contributed by atoms with van der Waals surface area (Å²) in [4.78, 5) is 12.2. The smallest absolute Gasteiger partial charge is 0.265 e. The zero-order chi connectivity index (χ0) is 16.3. The van der Waals surface area contributed by atoms with Crippen molar-refractivity contribution in [2.45, 2.75) is 33.8 Å². The molecule has 0 saturated carbocycles. The third-order valence-corrected chi connectivity index (χ3v) is 4.01. The quantitative estimate of drug-likeness (QED) is 0.889. The molecule has 22 heavy (non-hydrogen) atoms. The van der Waals surface area contributed by atoms with Gasteiger partial charge in [0, 0.05) is 10.7 Å². The van der Waals surface area contributed by atoms with Gasteiger partial charge in [0.05, 0.1) is 0 Å². The molecule has 0 aliphatic carbocycles. The molecule has 4 heteroatoms. The Morgan fingerprint density at radius 3 is 2.18 bits per heavy atom. The molecule has 3 nitrogen and oxygen atoms in total. The van der Waals surface area contributed by atoms with Crippen molar-refractivity contribution in [3.63, 3.8) is 0 Å². The third kappa shape index (κ3) is 4.01. The Morgan fingerprint density at radius 2 is 1.64 bits per heavy atom. The Hall–Kier alpha value is -2.00. The number of amides is 1. The van der Waals surface area contributed by atoms with Gasteiger partial charge in [0.15, 0.2) is 6.10 Å². The van der Waals surface area contributed by atoms with Crippen molar-refractivity contribution >= 4 is 23.2 Å². The fourth-order valence-electron chi connectivity index (χ4n) is 2.11. The molecule has 2 aromatic carbocycles. The highest BCUT2D eigenvalue weighted by molar-refractivity contribution is 6.32. The van der Waals surface area contributed by atoms with Crippen LogP contribution in [0, 0.1) is 20.8 Å². The van der Waals surface area contributed by atoms with Crippen LogP contribution in [-0.4, -0.2) is 12.0 Å². The number of carbonyl (C=O) groups excluding carboxylic acids is 1. The predicted octanol–water partition coefficient (Wildman–Crippen LogP) is 4.67. The summed E-state index contributed by atoms with van der Waals surface area (Å²) in [7, 11) is 0. The number of carbonyl (C=O) groups is 1. The molecular weight excluding hydrogens is 298 g/mol. The minimum absolute atomic E-state index is 0.186. The van der Waals surface area contributed by atoms with Gasteiger partial charge in [-0.15, -0.1) is 0 Å². The van der Waals surface area contributed by atoms with Crippen molar-refractivity contribution in [1.82, 2.24) is 0 Å². The van der Waals surface area contributed by atoms with Gasteiger partial charge in [-0.1, -0.05) is 29.3 Å². The fraction of sp³-hybridized carbons (Fsp3) is 0.278. The molecule has 1 amide bonds. The van der Waals surface area contributed by atoms with Gasteiger partial charge < -0.3 is 10.1 Å². The van der Waals surface area contributed by atoms with Crippen LogP contribution in [0.4, 0.5) is 5.69 Å². The first kappa shape index (κ1) is 16.4. The van der Waals surface area contributed by atoms with E-state index in [-0.39, 0.29) is 5.91 Å². The summed E-state index contributed by atoms with van der Waals surface area (Å²) in [6, 6.07) is 11.3. The van der Waals surface area contributed by atoms with Gasteiger partial charge >= 0.3 is 0 Å². The molecule has 0 aromatic heterocycles. The van der Waals surface area contributed by atoms with Crippen LogP contribution in [-0.2, 0) is 4.79 Å². The molecule has 0 saturated heterocycles. The van der Waals surface area contributed by atoms with Gasteiger partial charge in [-0.3, -0.25) is 4.79 Å². The highest BCUT2D eigenvalue weighted by atomic mass is 35.5. The molecule has 0 radical (unpaired) electrons. The second-order valence-corrected chi connectivity index (χ2v) is 5.86. The van der Waals surface area contributed by atoms with Crippen LogP contribution in [0.5, 0.6) is 5.75 Å². The summed E-state index contributed by atoms with van der Waals surface area (Å²) in [5, 5.41) is 3.57. The summed E-state index contributed by atoms with van der Waals surface area (Å²) in [6.07, 6.45) is -0.596. The normalized spacial score (nSPS) is 11.9. The lowest BCUT2D eigenvalue weighted by atomic mass is 10.1. The molecule has 2 rings (SSSR count). The summed E-state index contributed by atoms with van der Waals surface area (Å²) in [6.45, 7) is 7.56. The molecule has 0 aliphatic rings. The van der Waals surface area contributed by atoms with Crippen LogP contribution in [0.15, 0.2) is 36.4 Å². The van der Waals surface area contributed by atoms with Gasteiger partial charge in [0.1, 0.15) is 5.75 Å². The summed E-state index contributed by atoms with van der Waals surface area (Å²) in [5.41, 5.74) is 3.77. The standard InChI is InChI=1S/C18H20ClNO2/c1-11-5-7-15(8-6-11)20-18(21)14(4)22-16-9-12(2)17(19)13(3)10-16/h5-10,14H,1-4H3,(H,20,21)/t14-/m1/s1. The van der Waals surface area contributed by atoms with Crippen molar-refractivity contribution in [1.29, 1.82) is 0 Å². The summed E-state index contributed by atoms with van der Waals surface area (Å²) in [5.74, 6) is 0.458. The fourth-order valence-corrected chi connectivity index (χ4v) is 2.22. The number of aryl methyl sites for hydroxylation is 3. The molecule has 0 fully saturated rings. The number of hydrogen-bond acceptors (Lipinski definition) is 2. The van der Waals surface area contributed by atoms with Crippen LogP contribution in [0.2, 0.25) is 5.02 Å². The van der Waals surface area contributed by atoms with E-state index in [2.05, 4.69) is 5.32 Å². The van der Waals surface area contributed by atoms with Crippen molar-refractivity contribution < 1.29 is 9.53 Å². The minimum atomic E-state index is -0.596. The Bertz CT molecular complexity index is 657. The monoisotopic (exact) mass is 317 g/mol. The van der Waals surface area contributed by atoms with Gasteiger partial charge in [-0.2, -0.15) is 0 Å².